The summed E-state index contributed by atoms with van der Waals surface area (Å²) in [5, 5.41) is 4.35. The van der Waals surface area contributed by atoms with E-state index in [0.717, 1.165) is 27.8 Å². The number of hydrogen-bond donors (Lipinski definition) is 1. The smallest absolute Gasteiger partial charge is 0.267 e. The Labute approximate surface area is 177 Å². The van der Waals surface area contributed by atoms with Crippen LogP contribution in [0.5, 0.6) is 0 Å². The van der Waals surface area contributed by atoms with E-state index in [2.05, 4.69) is 21.2 Å². The molecule has 0 saturated carbocycles. The lowest BCUT2D eigenvalue weighted by atomic mass is 10.1. The molecule has 1 aromatic heterocycles. The number of nitrogens with one attached hydrogen (secondary N) is 1. The number of amides is 1. The highest BCUT2D eigenvalue weighted by atomic mass is 79.9. The molecule has 3 aromatic rings. The lowest BCUT2D eigenvalue weighted by Crippen LogP contribution is -2.28. The number of benzene rings is 2. The lowest BCUT2D eigenvalue weighted by molar-refractivity contribution is 0.102. The van der Waals surface area contributed by atoms with Gasteiger partial charge in [-0.15, -0.1) is 11.3 Å². The predicted molar refractivity (Wildman–Crippen MR) is 118 cm³/mol. The molecule has 0 radical (unpaired) electrons. The molecule has 28 heavy (non-hydrogen) atoms. The molecule has 1 amide bonds. The Balaban J connectivity index is 1.87. The molecule has 146 valence electrons. The van der Waals surface area contributed by atoms with Gasteiger partial charge in [0.25, 0.3) is 15.9 Å². The van der Waals surface area contributed by atoms with E-state index in [1.54, 1.807) is 41.8 Å². The highest BCUT2D eigenvalue weighted by Crippen LogP contribution is 2.29. The zero-order valence-corrected chi connectivity index (χ0v) is 18.6. The van der Waals surface area contributed by atoms with Crippen LogP contribution in [0.3, 0.4) is 0 Å². The Kier molecular flexibility index (Phi) is 6.22. The number of carbonyl (C=O) groups is 1. The number of halogens is 1. The molecule has 0 atom stereocenters. The Bertz CT molecular complexity index is 1080. The van der Waals surface area contributed by atoms with Gasteiger partial charge in [-0.2, -0.15) is 0 Å². The van der Waals surface area contributed by atoms with E-state index < -0.39 is 15.9 Å². The third kappa shape index (κ3) is 4.29. The van der Waals surface area contributed by atoms with Gasteiger partial charge in [-0.25, -0.2) is 8.42 Å². The summed E-state index contributed by atoms with van der Waals surface area (Å²) in [7, 11) is -2.38. The lowest BCUT2D eigenvalue weighted by Gasteiger charge is -2.20. The number of rotatable bonds is 6. The number of aryl methyl sites for hydroxylation is 1. The molecule has 5 nitrogen and oxygen atoms in total. The maximum absolute atomic E-state index is 13.1. The Morgan fingerprint density at radius 3 is 2.32 bits per heavy atom. The zero-order chi connectivity index (χ0) is 20.3. The van der Waals surface area contributed by atoms with E-state index in [9.17, 15) is 13.2 Å². The van der Waals surface area contributed by atoms with Gasteiger partial charge in [0.2, 0.25) is 0 Å². The van der Waals surface area contributed by atoms with Crippen LogP contribution in [0, 0.1) is 0 Å². The number of sulfonamides is 1. The Morgan fingerprint density at radius 1 is 1.07 bits per heavy atom. The standard InChI is InChI=1S/C20H19BrN2O3S2/c1-3-14-4-10-17(11-5-14)23(2)28(25,26)18-12-13-27-19(18)20(24)22-16-8-6-15(21)7-9-16/h4-13H,3H2,1-2H3,(H,22,24). The summed E-state index contributed by atoms with van der Waals surface area (Å²) in [6.45, 7) is 2.04. The number of anilines is 2. The summed E-state index contributed by atoms with van der Waals surface area (Å²) in [6.07, 6.45) is 0.877. The van der Waals surface area contributed by atoms with Gasteiger partial charge in [-0.05, 0) is 59.8 Å². The monoisotopic (exact) mass is 478 g/mol. The van der Waals surface area contributed by atoms with Crippen LogP contribution in [0.15, 0.2) is 69.3 Å². The summed E-state index contributed by atoms with van der Waals surface area (Å²) in [5.41, 5.74) is 2.26. The van der Waals surface area contributed by atoms with Crippen molar-refractivity contribution >= 4 is 54.6 Å². The maximum atomic E-state index is 13.1. The number of thiophene rings is 1. The second kappa shape index (κ2) is 8.46. The van der Waals surface area contributed by atoms with Gasteiger partial charge in [-0.1, -0.05) is 35.0 Å². The molecule has 0 fully saturated rings. The van der Waals surface area contributed by atoms with Gasteiger partial charge >= 0.3 is 0 Å². The molecule has 0 saturated heterocycles. The highest BCUT2D eigenvalue weighted by molar-refractivity contribution is 9.10. The van der Waals surface area contributed by atoms with Crippen LogP contribution in [0.2, 0.25) is 0 Å². The molecule has 1 N–H and O–H groups in total. The average Bonchev–Trinajstić information content (AvgIpc) is 3.20. The van der Waals surface area contributed by atoms with Crippen LogP contribution in [-0.2, 0) is 16.4 Å². The van der Waals surface area contributed by atoms with E-state index in [4.69, 9.17) is 0 Å². The first kappa shape index (κ1) is 20.6. The molecule has 0 aliphatic carbocycles. The van der Waals surface area contributed by atoms with Gasteiger partial charge in [-0.3, -0.25) is 9.10 Å². The fourth-order valence-corrected chi connectivity index (χ4v) is 5.37. The number of hydrogen-bond acceptors (Lipinski definition) is 4. The van der Waals surface area contributed by atoms with Gasteiger partial charge < -0.3 is 5.32 Å². The molecule has 3 rings (SSSR count). The molecule has 0 aliphatic heterocycles. The second-order valence-corrected chi connectivity index (χ2v) is 9.84. The van der Waals surface area contributed by atoms with Crippen molar-refractivity contribution < 1.29 is 13.2 Å². The molecule has 0 unspecified atom stereocenters. The number of carbonyl (C=O) groups excluding carboxylic acids is 1. The third-order valence-corrected chi connectivity index (χ3v) is 7.68. The van der Waals surface area contributed by atoms with E-state index in [0.29, 0.717) is 11.4 Å². The summed E-state index contributed by atoms with van der Waals surface area (Å²) >= 11 is 4.44. The highest BCUT2D eigenvalue weighted by Gasteiger charge is 2.28. The van der Waals surface area contributed by atoms with Crippen molar-refractivity contribution in [3.63, 3.8) is 0 Å². The van der Waals surface area contributed by atoms with Crippen molar-refractivity contribution in [3.8, 4) is 0 Å². The number of nitrogens with zero attached hydrogens (tertiary/aromatic N) is 1. The third-order valence-electron chi connectivity index (χ3n) is 4.28. The molecule has 0 spiro atoms. The van der Waals surface area contributed by atoms with E-state index in [1.165, 1.54) is 17.4 Å². The summed E-state index contributed by atoms with van der Waals surface area (Å²) < 4.78 is 28.3. The van der Waals surface area contributed by atoms with Gasteiger partial charge in [0.05, 0.1) is 5.69 Å². The fraction of sp³-hybridized carbons (Fsp3) is 0.150. The zero-order valence-electron chi connectivity index (χ0n) is 15.3. The van der Waals surface area contributed by atoms with Crippen LogP contribution in [-0.4, -0.2) is 21.4 Å². The molecule has 2 aromatic carbocycles. The minimum atomic E-state index is -3.87. The van der Waals surface area contributed by atoms with Gasteiger partial charge in [0, 0.05) is 17.2 Å². The van der Waals surface area contributed by atoms with Crippen molar-refractivity contribution in [3.05, 3.63) is 74.9 Å². The first-order valence-electron chi connectivity index (χ1n) is 8.55. The summed E-state index contributed by atoms with van der Waals surface area (Å²) in [5.74, 6) is -0.453. The molecule has 1 heterocycles. The molecular formula is C20H19BrN2O3S2. The minimum absolute atomic E-state index is 0.00539. The Morgan fingerprint density at radius 2 is 1.71 bits per heavy atom. The maximum Gasteiger partial charge on any atom is 0.267 e. The van der Waals surface area contributed by atoms with Crippen molar-refractivity contribution in [2.75, 3.05) is 16.7 Å². The van der Waals surface area contributed by atoms with Crippen LogP contribution in [0.1, 0.15) is 22.2 Å². The first-order valence-corrected chi connectivity index (χ1v) is 11.7. The molecule has 0 bridgehead atoms. The van der Waals surface area contributed by atoms with Crippen LogP contribution in [0.25, 0.3) is 0 Å². The average molecular weight is 479 g/mol. The second-order valence-electron chi connectivity index (χ2n) is 6.07. The minimum Gasteiger partial charge on any atom is -0.321 e. The van der Waals surface area contributed by atoms with Gasteiger partial charge in [0.15, 0.2) is 0 Å². The SMILES string of the molecule is CCc1ccc(N(C)S(=O)(=O)c2ccsc2C(=O)Nc2ccc(Br)cc2)cc1. The van der Waals surface area contributed by atoms with Crippen LogP contribution >= 0.6 is 27.3 Å². The van der Waals surface area contributed by atoms with Gasteiger partial charge in [0.1, 0.15) is 9.77 Å². The van der Waals surface area contributed by atoms with Crippen molar-refractivity contribution in [2.24, 2.45) is 0 Å². The fourth-order valence-electron chi connectivity index (χ4n) is 2.62. The summed E-state index contributed by atoms with van der Waals surface area (Å²) in [4.78, 5) is 12.8. The predicted octanol–water partition coefficient (Wildman–Crippen LogP) is 5.15. The van der Waals surface area contributed by atoms with Crippen molar-refractivity contribution in [1.82, 2.24) is 0 Å². The van der Waals surface area contributed by atoms with Crippen LogP contribution in [0.4, 0.5) is 11.4 Å². The normalized spacial score (nSPS) is 11.2. The van der Waals surface area contributed by atoms with Crippen molar-refractivity contribution in [2.45, 2.75) is 18.2 Å². The van der Waals surface area contributed by atoms with Crippen LogP contribution < -0.4 is 9.62 Å². The topological polar surface area (TPSA) is 66.5 Å². The van der Waals surface area contributed by atoms with E-state index >= 15 is 0 Å². The molecular weight excluding hydrogens is 460 g/mol. The molecule has 8 heteroatoms. The largest absolute Gasteiger partial charge is 0.321 e. The quantitative estimate of drug-likeness (QED) is 0.532. The first-order chi connectivity index (χ1) is 13.3. The van der Waals surface area contributed by atoms with E-state index in [-0.39, 0.29) is 9.77 Å². The molecule has 0 aliphatic rings. The van der Waals surface area contributed by atoms with E-state index in [1.807, 2.05) is 19.1 Å². The summed E-state index contributed by atoms with van der Waals surface area (Å²) in [6, 6.07) is 15.9. The van der Waals surface area contributed by atoms with Crippen molar-refractivity contribution in [1.29, 1.82) is 0 Å². The Hall–Kier alpha value is -2.16.